The molecule has 19 heavy (non-hydrogen) atoms. The van der Waals surface area contributed by atoms with Gasteiger partial charge in [-0.1, -0.05) is 19.4 Å². The molecule has 0 heterocycles. The molecular formula is C13H17FN2O3. The normalized spacial score (nSPS) is 11.9. The molecule has 0 saturated carbocycles. The van der Waals surface area contributed by atoms with E-state index in [0.717, 1.165) is 12.5 Å². The molecule has 1 aromatic rings. The van der Waals surface area contributed by atoms with Crippen molar-refractivity contribution < 1.29 is 19.1 Å². The number of aliphatic carboxylic acids is 1. The van der Waals surface area contributed by atoms with Crippen molar-refractivity contribution in [3.8, 4) is 0 Å². The van der Waals surface area contributed by atoms with Gasteiger partial charge in [0.1, 0.15) is 5.82 Å². The number of halogens is 1. The largest absolute Gasteiger partial charge is 0.481 e. The molecule has 5 nitrogen and oxygen atoms in total. The molecule has 0 fully saturated rings. The van der Waals surface area contributed by atoms with E-state index >= 15 is 0 Å². The van der Waals surface area contributed by atoms with E-state index < -0.39 is 23.7 Å². The second-order valence-corrected chi connectivity index (χ2v) is 4.26. The van der Waals surface area contributed by atoms with Crippen molar-refractivity contribution in [3.05, 3.63) is 29.6 Å². The van der Waals surface area contributed by atoms with Crippen LogP contribution >= 0.6 is 0 Å². The molecule has 1 atom stereocenters. The maximum absolute atomic E-state index is 13.2. The fraction of sp³-hybridized carbons (Fsp3) is 0.385. The van der Waals surface area contributed by atoms with Crippen molar-refractivity contribution in [2.45, 2.75) is 32.2 Å². The molecule has 6 heteroatoms. The summed E-state index contributed by atoms with van der Waals surface area (Å²) in [6, 6.07) is 3.45. The van der Waals surface area contributed by atoms with E-state index in [-0.39, 0.29) is 17.7 Å². The van der Waals surface area contributed by atoms with Crippen LogP contribution in [0.3, 0.4) is 0 Å². The van der Waals surface area contributed by atoms with E-state index in [1.165, 1.54) is 12.1 Å². The summed E-state index contributed by atoms with van der Waals surface area (Å²) in [6.45, 7) is 1.89. The highest BCUT2D eigenvalue weighted by molar-refractivity contribution is 5.99. The molecule has 1 aromatic carbocycles. The molecule has 104 valence electrons. The molecule has 0 aromatic heterocycles. The van der Waals surface area contributed by atoms with Crippen LogP contribution in [0.25, 0.3) is 0 Å². The molecule has 1 unspecified atom stereocenters. The zero-order valence-corrected chi connectivity index (χ0v) is 10.6. The Balaban J connectivity index is 2.81. The zero-order chi connectivity index (χ0) is 14.4. The van der Waals surface area contributed by atoms with Gasteiger partial charge in [-0.3, -0.25) is 9.59 Å². The van der Waals surface area contributed by atoms with Gasteiger partial charge in [-0.05, 0) is 18.6 Å². The Morgan fingerprint density at radius 1 is 1.47 bits per heavy atom. The number of nitrogens with two attached hydrogens (primary N) is 1. The third-order valence-corrected chi connectivity index (χ3v) is 2.69. The summed E-state index contributed by atoms with van der Waals surface area (Å²) < 4.78 is 13.2. The van der Waals surface area contributed by atoms with Crippen LogP contribution in [0.5, 0.6) is 0 Å². The van der Waals surface area contributed by atoms with Gasteiger partial charge >= 0.3 is 5.97 Å². The van der Waals surface area contributed by atoms with E-state index in [0.29, 0.717) is 6.42 Å². The second kappa shape index (κ2) is 6.72. The van der Waals surface area contributed by atoms with Gasteiger partial charge in [-0.25, -0.2) is 4.39 Å². The van der Waals surface area contributed by atoms with Crippen molar-refractivity contribution in [1.82, 2.24) is 5.32 Å². The van der Waals surface area contributed by atoms with Gasteiger partial charge < -0.3 is 16.2 Å². The van der Waals surface area contributed by atoms with Gasteiger partial charge in [0.15, 0.2) is 0 Å². The molecule has 0 aliphatic carbocycles. The summed E-state index contributed by atoms with van der Waals surface area (Å²) >= 11 is 0. The van der Waals surface area contributed by atoms with Crippen LogP contribution in [-0.4, -0.2) is 23.0 Å². The number of para-hydroxylation sites is 1. The summed E-state index contributed by atoms with van der Waals surface area (Å²) in [5.74, 6) is -2.22. The number of benzene rings is 1. The summed E-state index contributed by atoms with van der Waals surface area (Å²) in [6.07, 6.45) is 1.10. The Bertz CT molecular complexity index is 477. The fourth-order valence-electron chi connectivity index (χ4n) is 1.78. The summed E-state index contributed by atoms with van der Waals surface area (Å²) in [7, 11) is 0. The van der Waals surface area contributed by atoms with Crippen LogP contribution in [0, 0.1) is 5.82 Å². The minimum Gasteiger partial charge on any atom is -0.481 e. The first-order valence-electron chi connectivity index (χ1n) is 6.02. The van der Waals surface area contributed by atoms with Crippen molar-refractivity contribution in [2.75, 3.05) is 5.73 Å². The first-order chi connectivity index (χ1) is 8.95. The van der Waals surface area contributed by atoms with E-state index in [4.69, 9.17) is 10.8 Å². The molecule has 1 amide bonds. The lowest BCUT2D eigenvalue weighted by molar-refractivity contribution is -0.137. The number of carboxylic acid groups (broad SMARTS) is 1. The maximum atomic E-state index is 13.2. The number of hydrogen-bond acceptors (Lipinski definition) is 3. The highest BCUT2D eigenvalue weighted by Gasteiger charge is 2.18. The number of nitrogens with one attached hydrogen (secondary N) is 1. The minimum absolute atomic E-state index is 0.0199. The van der Waals surface area contributed by atoms with Gasteiger partial charge in [-0.15, -0.1) is 0 Å². The minimum atomic E-state index is -0.994. The van der Waals surface area contributed by atoms with Crippen molar-refractivity contribution in [3.63, 3.8) is 0 Å². The number of nitrogen functional groups attached to an aromatic ring is 1. The zero-order valence-electron chi connectivity index (χ0n) is 10.6. The molecule has 0 saturated heterocycles. The summed E-state index contributed by atoms with van der Waals surface area (Å²) in [5, 5.41) is 11.3. The van der Waals surface area contributed by atoms with Gasteiger partial charge in [0.2, 0.25) is 0 Å². The lowest BCUT2D eigenvalue weighted by Crippen LogP contribution is -2.36. The average Bonchev–Trinajstić information content (AvgIpc) is 2.32. The molecule has 0 bridgehead atoms. The van der Waals surface area contributed by atoms with Crippen molar-refractivity contribution in [1.29, 1.82) is 0 Å². The molecule has 1 rings (SSSR count). The van der Waals surface area contributed by atoms with E-state index in [9.17, 15) is 14.0 Å². The van der Waals surface area contributed by atoms with E-state index in [1.807, 2.05) is 6.92 Å². The predicted molar refractivity (Wildman–Crippen MR) is 69.2 cm³/mol. The maximum Gasteiger partial charge on any atom is 0.305 e. The highest BCUT2D eigenvalue weighted by atomic mass is 19.1. The summed E-state index contributed by atoms with van der Waals surface area (Å²) in [4.78, 5) is 22.6. The number of carbonyl (C=O) groups excluding carboxylic acids is 1. The van der Waals surface area contributed by atoms with Gasteiger partial charge in [-0.2, -0.15) is 0 Å². The van der Waals surface area contributed by atoms with E-state index in [1.54, 1.807) is 0 Å². The first-order valence-corrected chi connectivity index (χ1v) is 6.02. The molecular weight excluding hydrogens is 251 g/mol. The van der Waals surface area contributed by atoms with Gasteiger partial charge in [0.25, 0.3) is 5.91 Å². The molecule has 0 spiro atoms. The molecule has 0 aliphatic rings. The van der Waals surface area contributed by atoms with Gasteiger partial charge in [0.05, 0.1) is 17.7 Å². The number of carboxylic acids is 1. The van der Waals surface area contributed by atoms with Crippen LogP contribution < -0.4 is 11.1 Å². The van der Waals surface area contributed by atoms with Gasteiger partial charge in [0, 0.05) is 6.04 Å². The van der Waals surface area contributed by atoms with Crippen LogP contribution in [0.2, 0.25) is 0 Å². The van der Waals surface area contributed by atoms with Crippen LogP contribution in [0.15, 0.2) is 18.2 Å². The highest BCUT2D eigenvalue weighted by Crippen LogP contribution is 2.16. The molecule has 0 aliphatic heterocycles. The Hall–Kier alpha value is -2.11. The van der Waals surface area contributed by atoms with Crippen LogP contribution in [-0.2, 0) is 4.79 Å². The third kappa shape index (κ3) is 4.24. The van der Waals surface area contributed by atoms with Crippen LogP contribution in [0.1, 0.15) is 36.5 Å². The van der Waals surface area contributed by atoms with Crippen molar-refractivity contribution >= 4 is 17.6 Å². The monoisotopic (exact) mass is 268 g/mol. The number of anilines is 1. The smallest absolute Gasteiger partial charge is 0.305 e. The Morgan fingerprint density at radius 2 is 2.16 bits per heavy atom. The molecule has 0 radical (unpaired) electrons. The number of carbonyl (C=O) groups is 2. The topological polar surface area (TPSA) is 92.4 Å². The lowest BCUT2D eigenvalue weighted by Gasteiger charge is -2.16. The summed E-state index contributed by atoms with van der Waals surface area (Å²) in [5.41, 5.74) is 5.27. The quantitative estimate of drug-likeness (QED) is 0.686. The van der Waals surface area contributed by atoms with Crippen molar-refractivity contribution in [2.24, 2.45) is 0 Å². The number of rotatable bonds is 6. The average molecular weight is 268 g/mol. The Morgan fingerprint density at radius 3 is 2.74 bits per heavy atom. The first kappa shape index (κ1) is 14.9. The second-order valence-electron chi connectivity index (χ2n) is 4.26. The standard InChI is InChI=1S/C13H17FN2O3/c1-2-4-8(7-11(17)18)16-13(19)9-5-3-6-10(14)12(9)15/h3,5-6,8H,2,4,7,15H2,1H3,(H,16,19)(H,17,18). The van der Waals surface area contributed by atoms with Crippen LogP contribution in [0.4, 0.5) is 10.1 Å². The Labute approximate surface area is 110 Å². The third-order valence-electron chi connectivity index (χ3n) is 2.69. The molecule has 4 N–H and O–H groups in total. The fourth-order valence-corrected chi connectivity index (χ4v) is 1.78. The Kier molecular flexibility index (Phi) is 5.29. The number of hydrogen-bond donors (Lipinski definition) is 3. The lowest BCUT2D eigenvalue weighted by atomic mass is 10.1. The SMILES string of the molecule is CCCC(CC(=O)O)NC(=O)c1cccc(F)c1N. The van der Waals surface area contributed by atoms with E-state index in [2.05, 4.69) is 5.32 Å². The number of amides is 1. The predicted octanol–water partition coefficient (Wildman–Crippen LogP) is 1.78.